The summed E-state index contributed by atoms with van der Waals surface area (Å²) in [7, 11) is 0. The summed E-state index contributed by atoms with van der Waals surface area (Å²) < 4.78 is 0.560. The largest absolute Gasteiger partial charge is 0.618 e. The van der Waals surface area contributed by atoms with E-state index < -0.39 is 5.91 Å². The summed E-state index contributed by atoms with van der Waals surface area (Å²) >= 11 is 0. The number of unbranched alkanes of at least 4 members (excludes halogenated alkanes) is 1. The summed E-state index contributed by atoms with van der Waals surface area (Å²) in [6.07, 6.45) is 4.68. The SMILES string of the molecule is CCCCc1ccc(NC(=O)c2cccc[n+]2[O-])cc1. The summed E-state index contributed by atoms with van der Waals surface area (Å²) in [5, 5.41) is 14.2. The lowest BCUT2D eigenvalue weighted by Gasteiger charge is -2.06. The van der Waals surface area contributed by atoms with Gasteiger partial charge in [-0.25, -0.2) is 0 Å². The van der Waals surface area contributed by atoms with Gasteiger partial charge in [0.2, 0.25) is 0 Å². The van der Waals surface area contributed by atoms with Gasteiger partial charge in [0, 0.05) is 17.8 Å². The number of nitrogens with one attached hydrogen (secondary N) is 1. The fourth-order valence-electron chi connectivity index (χ4n) is 1.93. The van der Waals surface area contributed by atoms with Crippen LogP contribution in [0, 0.1) is 5.21 Å². The number of amides is 1. The van der Waals surface area contributed by atoms with Gasteiger partial charge in [-0.3, -0.25) is 4.79 Å². The first kappa shape index (κ1) is 14.1. The monoisotopic (exact) mass is 270 g/mol. The first-order valence-electron chi connectivity index (χ1n) is 6.79. The molecule has 1 heterocycles. The predicted molar refractivity (Wildman–Crippen MR) is 78.4 cm³/mol. The molecule has 1 aromatic carbocycles. The van der Waals surface area contributed by atoms with Crippen LogP contribution in [0.3, 0.4) is 0 Å². The minimum absolute atomic E-state index is 0.0857. The van der Waals surface area contributed by atoms with Crippen molar-refractivity contribution in [2.45, 2.75) is 26.2 Å². The van der Waals surface area contributed by atoms with Crippen molar-refractivity contribution in [2.24, 2.45) is 0 Å². The zero-order chi connectivity index (χ0) is 14.4. The van der Waals surface area contributed by atoms with E-state index in [1.807, 2.05) is 24.3 Å². The maximum absolute atomic E-state index is 12.0. The Hall–Kier alpha value is -2.36. The number of hydrogen-bond donors (Lipinski definition) is 1. The third-order valence-electron chi connectivity index (χ3n) is 3.09. The molecule has 0 aliphatic carbocycles. The van der Waals surface area contributed by atoms with Gasteiger partial charge in [-0.2, -0.15) is 4.73 Å². The van der Waals surface area contributed by atoms with E-state index in [-0.39, 0.29) is 5.69 Å². The Balaban J connectivity index is 2.03. The van der Waals surface area contributed by atoms with Gasteiger partial charge in [-0.05, 0) is 36.6 Å². The lowest BCUT2D eigenvalue weighted by atomic mass is 10.1. The predicted octanol–water partition coefficient (Wildman–Crippen LogP) is 2.91. The summed E-state index contributed by atoms with van der Waals surface area (Å²) in [6.45, 7) is 2.16. The van der Waals surface area contributed by atoms with Crippen molar-refractivity contribution in [3.8, 4) is 0 Å². The minimum atomic E-state index is -0.401. The van der Waals surface area contributed by atoms with Crippen molar-refractivity contribution in [1.82, 2.24) is 0 Å². The number of pyridine rings is 1. The molecule has 0 radical (unpaired) electrons. The fraction of sp³-hybridized carbons (Fsp3) is 0.250. The zero-order valence-electron chi connectivity index (χ0n) is 11.5. The van der Waals surface area contributed by atoms with Crippen molar-refractivity contribution < 1.29 is 9.52 Å². The molecule has 4 nitrogen and oxygen atoms in total. The van der Waals surface area contributed by atoms with Crippen molar-refractivity contribution in [3.05, 3.63) is 65.1 Å². The molecule has 20 heavy (non-hydrogen) atoms. The Morgan fingerprint density at radius 1 is 1.20 bits per heavy atom. The summed E-state index contributed by atoms with van der Waals surface area (Å²) in [5.41, 5.74) is 2.03. The van der Waals surface area contributed by atoms with Crippen LogP contribution in [-0.4, -0.2) is 5.91 Å². The Labute approximate surface area is 118 Å². The number of nitrogens with zero attached hydrogens (tertiary/aromatic N) is 1. The normalized spacial score (nSPS) is 10.2. The second-order valence-electron chi connectivity index (χ2n) is 4.67. The van der Waals surface area contributed by atoms with Gasteiger partial charge in [0.05, 0.1) is 0 Å². The molecule has 2 rings (SSSR count). The smallest absolute Gasteiger partial charge is 0.321 e. The maximum Gasteiger partial charge on any atom is 0.321 e. The van der Waals surface area contributed by atoms with Crippen LogP contribution in [0.4, 0.5) is 5.69 Å². The highest BCUT2D eigenvalue weighted by atomic mass is 16.5. The summed E-state index contributed by atoms with van der Waals surface area (Å²) in [4.78, 5) is 12.0. The molecule has 0 spiro atoms. The highest BCUT2D eigenvalue weighted by Gasteiger charge is 2.14. The van der Waals surface area contributed by atoms with Crippen LogP contribution >= 0.6 is 0 Å². The number of rotatable bonds is 5. The van der Waals surface area contributed by atoms with Crippen molar-refractivity contribution in [2.75, 3.05) is 5.32 Å². The third kappa shape index (κ3) is 3.57. The summed E-state index contributed by atoms with van der Waals surface area (Å²) in [5.74, 6) is -0.401. The number of aryl methyl sites for hydroxylation is 1. The van der Waals surface area contributed by atoms with Crippen LogP contribution < -0.4 is 10.0 Å². The fourth-order valence-corrected chi connectivity index (χ4v) is 1.93. The van der Waals surface area contributed by atoms with Crippen LogP contribution in [0.5, 0.6) is 0 Å². The number of anilines is 1. The second-order valence-corrected chi connectivity index (χ2v) is 4.67. The maximum atomic E-state index is 12.0. The lowest BCUT2D eigenvalue weighted by molar-refractivity contribution is -0.607. The van der Waals surface area contributed by atoms with Gasteiger partial charge in [0.25, 0.3) is 5.69 Å². The Morgan fingerprint density at radius 3 is 2.60 bits per heavy atom. The van der Waals surface area contributed by atoms with E-state index in [2.05, 4.69) is 12.2 Å². The number of carbonyl (C=O) groups excluding carboxylic acids is 1. The molecule has 2 aromatic rings. The molecule has 0 saturated carbocycles. The standard InChI is InChI=1S/C16H18N2O2/c1-2-3-6-13-8-10-14(11-9-13)17-16(19)15-7-4-5-12-18(15)20/h4-5,7-12H,2-3,6H2,1H3,(H,17,19). The molecular weight excluding hydrogens is 252 g/mol. The van der Waals surface area contributed by atoms with Crippen LogP contribution in [0.15, 0.2) is 48.7 Å². The van der Waals surface area contributed by atoms with E-state index in [1.165, 1.54) is 17.8 Å². The van der Waals surface area contributed by atoms with Crippen molar-refractivity contribution in [1.29, 1.82) is 0 Å². The Kier molecular flexibility index (Phi) is 4.71. The zero-order valence-corrected chi connectivity index (χ0v) is 11.5. The van der Waals surface area contributed by atoms with Crippen molar-refractivity contribution >= 4 is 11.6 Å². The second kappa shape index (κ2) is 6.70. The van der Waals surface area contributed by atoms with E-state index >= 15 is 0 Å². The molecule has 0 aliphatic heterocycles. The number of aromatic nitrogens is 1. The van der Waals surface area contributed by atoms with Crippen LogP contribution in [0.1, 0.15) is 35.8 Å². The quantitative estimate of drug-likeness (QED) is 0.671. The third-order valence-corrected chi connectivity index (χ3v) is 3.09. The first-order valence-corrected chi connectivity index (χ1v) is 6.79. The van der Waals surface area contributed by atoms with E-state index in [0.29, 0.717) is 10.4 Å². The van der Waals surface area contributed by atoms with Crippen LogP contribution in [-0.2, 0) is 6.42 Å². The Morgan fingerprint density at radius 2 is 1.95 bits per heavy atom. The number of hydrogen-bond acceptors (Lipinski definition) is 2. The van der Waals surface area contributed by atoms with Crippen LogP contribution in [0.25, 0.3) is 0 Å². The Bertz CT molecular complexity index is 579. The number of benzene rings is 1. The first-order chi connectivity index (χ1) is 9.70. The molecule has 0 bridgehead atoms. The van der Waals surface area contributed by atoms with E-state index in [1.54, 1.807) is 12.1 Å². The molecule has 0 saturated heterocycles. The molecule has 0 fully saturated rings. The molecule has 1 aromatic heterocycles. The highest BCUT2D eigenvalue weighted by molar-refractivity contribution is 6.01. The molecule has 0 aliphatic rings. The highest BCUT2D eigenvalue weighted by Crippen LogP contribution is 2.12. The van der Waals surface area contributed by atoms with E-state index in [0.717, 1.165) is 19.3 Å². The van der Waals surface area contributed by atoms with Gasteiger partial charge in [-0.1, -0.05) is 25.5 Å². The molecule has 0 unspecified atom stereocenters. The van der Waals surface area contributed by atoms with Gasteiger partial charge in [0.15, 0.2) is 6.20 Å². The van der Waals surface area contributed by atoms with Gasteiger partial charge in [-0.15, -0.1) is 0 Å². The average molecular weight is 270 g/mol. The molecule has 0 atom stereocenters. The van der Waals surface area contributed by atoms with Gasteiger partial charge < -0.3 is 10.5 Å². The molecule has 1 N–H and O–H groups in total. The van der Waals surface area contributed by atoms with Gasteiger partial charge in [0.1, 0.15) is 0 Å². The van der Waals surface area contributed by atoms with Crippen molar-refractivity contribution in [3.63, 3.8) is 0 Å². The lowest BCUT2D eigenvalue weighted by Crippen LogP contribution is -2.36. The molecule has 104 valence electrons. The molecule has 4 heteroatoms. The topological polar surface area (TPSA) is 56.0 Å². The molecular formula is C16H18N2O2. The minimum Gasteiger partial charge on any atom is -0.618 e. The van der Waals surface area contributed by atoms with E-state index in [4.69, 9.17) is 0 Å². The summed E-state index contributed by atoms with van der Waals surface area (Å²) in [6, 6.07) is 12.5. The molecule has 1 amide bonds. The average Bonchev–Trinajstić information content (AvgIpc) is 2.47. The van der Waals surface area contributed by atoms with E-state index in [9.17, 15) is 10.0 Å². The van der Waals surface area contributed by atoms with Gasteiger partial charge >= 0.3 is 5.91 Å². The number of carbonyl (C=O) groups is 1. The van der Waals surface area contributed by atoms with Crippen LogP contribution in [0.2, 0.25) is 0 Å².